The number of nitrogens with one attached hydrogen (secondary N) is 1. The van der Waals surface area contributed by atoms with Crippen molar-refractivity contribution >= 4 is 39.1 Å². The van der Waals surface area contributed by atoms with Crippen LogP contribution in [-0.4, -0.2) is 18.0 Å². The Morgan fingerprint density at radius 3 is 2.90 bits per heavy atom. The van der Waals surface area contributed by atoms with E-state index in [1.807, 2.05) is 0 Å². The summed E-state index contributed by atoms with van der Waals surface area (Å²) in [4.78, 5) is 16.0. The molecule has 7 heteroatoms. The van der Waals surface area contributed by atoms with Crippen molar-refractivity contribution < 1.29 is 13.9 Å². The van der Waals surface area contributed by atoms with Gasteiger partial charge in [-0.05, 0) is 34.1 Å². The fourth-order valence-corrected chi connectivity index (χ4v) is 2.03. The lowest BCUT2D eigenvalue weighted by Gasteiger charge is -2.10. The summed E-state index contributed by atoms with van der Waals surface area (Å²) in [5.41, 5.74) is 0.220. The van der Waals surface area contributed by atoms with Crippen LogP contribution in [0.4, 0.5) is 10.1 Å². The highest BCUT2D eigenvalue weighted by molar-refractivity contribution is 9.10. The van der Waals surface area contributed by atoms with Gasteiger partial charge in [-0.1, -0.05) is 17.7 Å². The first-order valence-corrected chi connectivity index (χ1v) is 6.65. The van der Waals surface area contributed by atoms with Gasteiger partial charge in [0.05, 0.1) is 23.5 Å². The van der Waals surface area contributed by atoms with Crippen LogP contribution < -0.4 is 10.1 Å². The van der Waals surface area contributed by atoms with E-state index in [1.54, 1.807) is 6.07 Å². The number of hydrogen-bond acceptors (Lipinski definition) is 3. The summed E-state index contributed by atoms with van der Waals surface area (Å²) in [6.45, 7) is 0. The monoisotopic (exact) mass is 358 g/mol. The molecule has 0 unspecified atom stereocenters. The number of amides is 1. The number of benzene rings is 1. The van der Waals surface area contributed by atoms with Gasteiger partial charge < -0.3 is 10.1 Å². The lowest BCUT2D eigenvalue weighted by atomic mass is 10.1. The van der Waals surface area contributed by atoms with Crippen LogP contribution in [0.1, 0.15) is 10.4 Å². The van der Waals surface area contributed by atoms with Crippen molar-refractivity contribution in [1.82, 2.24) is 4.98 Å². The highest BCUT2D eigenvalue weighted by Crippen LogP contribution is 2.25. The zero-order valence-corrected chi connectivity index (χ0v) is 12.6. The van der Waals surface area contributed by atoms with Crippen molar-refractivity contribution in [3.63, 3.8) is 0 Å². The molecule has 0 saturated carbocycles. The van der Waals surface area contributed by atoms with Crippen molar-refractivity contribution in [2.24, 2.45) is 0 Å². The largest absolute Gasteiger partial charge is 0.496 e. The number of carbonyl (C=O) groups excluding carboxylic acids is 1. The molecular weight excluding hydrogens is 351 g/mol. The predicted octanol–water partition coefficient (Wildman–Crippen LogP) is 3.90. The molecule has 0 fully saturated rings. The zero-order valence-electron chi connectivity index (χ0n) is 10.3. The SMILES string of the molecule is COc1cccc(F)c1C(=O)Nc1cnc(Cl)c(Br)c1. The number of hydrogen-bond donors (Lipinski definition) is 1. The first kappa shape index (κ1) is 14.7. The summed E-state index contributed by atoms with van der Waals surface area (Å²) in [6, 6.07) is 5.73. The van der Waals surface area contributed by atoms with E-state index in [9.17, 15) is 9.18 Å². The van der Waals surface area contributed by atoms with Crippen molar-refractivity contribution in [3.05, 3.63) is 51.5 Å². The quantitative estimate of drug-likeness (QED) is 0.846. The van der Waals surface area contributed by atoms with E-state index in [0.717, 1.165) is 0 Å². The Balaban J connectivity index is 2.30. The van der Waals surface area contributed by atoms with E-state index < -0.39 is 11.7 Å². The van der Waals surface area contributed by atoms with Crippen LogP contribution in [0.15, 0.2) is 34.9 Å². The summed E-state index contributed by atoms with van der Waals surface area (Å²) in [7, 11) is 1.37. The minimum Gasteiger partial charge on any atom is -0.496 e. The molecule has 0 spiro atoms. The smallest absolute Gasteiger partial charge is 0.262 e. The van der Waals surface area contributed by atoms with Crippen molar-refractivity contribution in [1.29, 1.82) is 0 Å². The highest BCUT2D eigenvalue weighted by atomic mass is 79.9. The van der Waals surface area contributed by atoms with E-state index in [2.05, 4.69) is 26.2 Å². The van der Waals surface area contributed by atoms with Gasteiger partial charge in [0.2, 0.25) is 0 Å². The maximum atomic E-state index is 13.7. The lowest BCUT2D eigenvalue weighted by molar-refractivity contribution is 0.102. The van der Waals surface area contributed by atoms with E-state index >= 15 is 0 Å². The first-order chi connectivity index (χ1) is 9.52. The van der Waals surface area contributed by atoms with Gasteiger partial charge in [-0.3, -0.25) is 4.79 Å². The number of halogens is 3. The Kier molecular flexibility index (Phi) is 4.57. The number of ether oxygens (including phenoxy) is 1. The molecule has 0 aliphatic heterocycles. The van der Waals surface area contributed by atoms with Crippen LogP contribution in [0, 0.1) is 5.82 Å². The van der Waals surface area contributed by atoms with Gasteiger partial charge in [0.25, 0.3) is 5.91 Å². The van der Waals surface area contributed by atoms with Crippen LogP contribution in [-0.2, 0) is 0 Å². The first-order valence-electron chi connectivity index (χ1n) is 5.48. The second-order valence-electron chi connectivity index (χ2n) is 3.77. The van der Waals surface area contributed by atoms with Gasteiger partial charge in [0, 0.05) is 0 Å². The third-order valence-corrected chi connectivity index (χ3v) is 3.61. The number of aromatic nitrogens is 1. The number of rotatable bonds is 3. The minimum absolute atomic E-state index is 0.156. The minimum atomic E-state index is -0.664. The predicted molar refractivity (Wildman–Crippen MR) is 77.9 cm³/mol. The zero-order chi connectivity index (χ0) is 14.7. The Labute approximate surface area is 128 Å². The molecule has 0 bridgehead atoms. The summed E-state index contributed by atoms with van der Waals surface area (Å²) in [5.74, 6) is -1.14. The summed E-state index contributed by atoms with van der Waals surface area (Å²) >= 11 is 8.95. The molecule has 1 heterocycles. The van der Waals surface area contributed by atoms with Crippen LogP contribution in [0.25, 0.3) is 0 Å². The molecule has 0 aliphatic carbocycles. The maximum Gasteiger partial charge on any atom is 0.262 e. The van der Waals surface area contributed by atoms with Crippen molar-refractivity contribution in [2.75, 3.05) is 12.4 Å². The van der Waals surface area contributed by atoms with E-state index in [0.29, 0.717) is 10.2 Å². The van der Waals surface area contributed by atoms with Gasteiger partial charge in [0.1, 0.15) is 22.3 Å². The molecule has 20 heavy (non-hydrogen) atoms. The van der Waals surface area contributed by atoms with Crippen LogP contribution in [0.2, 0.25) is 5.15 Å². The number of methoxy groups -OCH3 is 1. The van der Waals surface area contributed by atoms with Gasteiger partial charge in [-0.2, -0.15) is 0 Å². The molecule has 0 aliphatic rings. The number of anilines is 1. The number of carbonyl (C=O) groups is 1. The fourth-order valence-electron chi connectivity index (χ4n) is 1.58. The molecule has 0 saturated heterocycles. The summed E-state index contributed by atoms with van der Waals surface area (Å²) < 4.78 is 19.3. The van der Waals surface area contributed by atoms with Crippen molar-refractivity contribution in [3.8, 4) is 5.75 Å². The lowest BCUT2D eigenvalue weighted by Crippen LogP contribution is -2.15. The fraction of sp³-hybridized carbons (Fsp3) is 0.0769. The van der Waals surface area contributed by atoms with E-state index in [4.69, 9.17) is 16.3 Å². The standard InChI is InChI=1S/C13H9BrClFN2O2/c1-20-10-4-2-3-9(16)11(10)13(19)18-7-5-8(14)12(15)17-6-7/h2-6H,1H3,(H,18,19). The third kappa shape index (κ3) is 3.08. The number of nitrogens with zero attached hydrogens (tertiary/aromatic N) is 1. The van der Waals surface area contributed by atoms with Crippen molar-refractivity contribution in [2.45, 2.75) is 0 Å². The molecule has 2 aromatic rings. The van der Waals surface area contributed by atoms with E-state index in [1.165, 1.54) is 31.5 Å². The van der Waals surface area contributed by atoms with E-state index in [-0.39, 0.29) is 16.5 Å². The van der Waals surface area contributed by atoms with Crippen LogP contribution in [0.5, 0.6) is 5.75 Å². The van der Waals surface area contributed by atoms with Crippen LogP contribution >= 0.6 is 27.5 Å². The molecule has 4 nitrogen and oxygen atoms in total. The molecule has 1 amide bonds. The Hall–Kier alpha value is -1.66. The molecule has 1 aromatic carbocycles. The number of pyridine rings is 1. The second kappa shape index (κ2) is 6.19. The van der Waals surface area contributed by atoms with Gasteiger partial charge in [-0.15, -0.1) is 0 Å². The van der Waals surface area contributed by atoms with Gasteiger partial charge >= 0.3 is 0 Å². The normalized spacial score (nSPS) is 10.2. The molecule has 1 aromatic heterocycles. The molecule has 104 valence electrons. The van der Waals surface area contributed by atoms with Gasteiger partial charge in [0.15, 0.2) is 0 Å². The van der Waals surface area contributed by atoms with Crippen LogP contribution in [0.3, 0.4) is 0 Å². The third-order valence-electron chi connectivity index (χ3n) is 2.48. The average molecular weight is 360 g/mol. The Bertz CT molecular complexity index is 667. The molecule has 0 atom stereocenters. The Morgan fingerprint density at radius 2 is 2.25 bits per heavy atom. The molecule has 1 N–H and O–H groups in total. The molecule has 2 rings (SSSR count). The molecule has 0 radical (unpaired) electrons. The molecular formula is C13H9BrClFN2O2. The average Bonchev–Trinajstić information content (AvgIpc) is 2.42. The highest BCUT2D eigenvalue weighted by Gasteiger charge is 2.18. The summed E-state index contributed by atoms with van der Waals surface area (Å²) in [6.07, 6.45) is 1.37. The summed E-state index contributed by atoms with van der Waals surface area (Å²) in [5, 5.41) is 2.80. The Morgan fingerprint density at radius 1 is 1.50 bits per heavy atom. The topological polar surface area (TPSA) is 51.2 Å². The maximum absolute atomic E-state index is 13.7. The van der Waals surface area contributed by atoms with Gasteiger partial charge in [-0.25, -0.2) is 9.37 Å². The second-order valence-corrected chi connectivity index (χ2v) is 4.98.